The Morgan fingerprint density at radius 2 is 1.45 bits per heavy atom. The molecule has 0 saturated heterocycles. The summed E-state index contributed by atoms with van der Waals surface area (Å²) >= 11 is 0. The number of benzene rings is 2. The Kier molecular flexibility index (Phi) is 3.31. The molecule has 22 heavy (non-hydrogen) atoms. The second kappa shape index (κ2) is 5.60. The van der Waals surface area contributed by atoms with Crippen LogP contribution in [-0.2, 0) is 6.42 Å². The van der Waals surface area contributed by atoms with Gasteiger partial charge in [0.15, 0.2) is 5.82 Å². The Labute approximate surface area is 129 Å². The van der Waals surface area contributed by atoms with Crippen LogP contribution in [0.3, 0.4) is 0 Å². The molecule has 0 spiro atoms. The molecule has 0 atom stereocenters. The highest BCUT2D eigenvalue weighted by atomic mass is 16.5. The van der Waals surface area contributed by atoms with Crippen molar-refractivity contribution in [2.45, 2.75) is 12.8 Å². The van der Waals surface area contributed by atoms with Gasteiger partial charge in [-0.25, -0.2) is 4.98 Å². The number of aromatic nitrogens is 2. The quantitative estimate of drug-likeness (QED) is 0.711. The Morgan fingerprint density at radius 1 is 0.773 bits per heavy atom. The zero-order valence-corrected chi connectivity index (χ0v) is 12.2. The molecule has 1 aromatic heterocycles. The first-order valence-corrected chi connectivity index (χ1v) is 7.56. The molecule has 0 amide bonds. The molecule has 0 radical (unpaired) electrons. The van der Waals surface area contributed by atoms with Gasteiger partial charge in [-0.05, 0) is 12.8 Å². The average molecular weight is 288 g/mol. The molecule has 0 fully saturated rings. The van der Waals surface area contributed by atoms with Crippen molar-refractivity contribution in [1.82, 2.24) is 9.97 Å². The standard InChI is InChI=1S/C19H16N2O/c1-3-8-14(9-4-1)17-16-12-7-13-22-19(16)21-18(20-17)15-10-5-2-6-11-15/h1-6,8-11H,7,12-13H2. The lowest BCUT2D eigenvalue weighted by Gasteiger charge is -2.20. The van der Waals surface area contributed by atoms with Gasteiger partial charge in [-0.1, -0.05) is 60.7 Å². The van der Waals surface area contributed by atoms with E-state index < -0.39 is 0 Å². The van der Waals surface area contributed by atoms with Crippen LogP contribution in [-0.4, -0.2) is 16.6 Å². The van der Waals surface area contributed by atoms with Crippen molar-refractivity contribution >= 4 is 0 Å². The van der Waals surface area contributed by atoms with Gasteiger partial charge in [-0.3, -0.25) is 0 Å². The van der Waals surface area contributed by atoms with Crippen LogP contribution in [0.2, 0.25) is 0 Å². The van der Waals surface area contributed by atoms with Crippen molar-refractivity contribution in [2.75, 3.05) is 6.61 Å². The summed E-state index contributed by atoms with van der Waals surface area (Å²) in [5.74, 6) is 1.46. The van der Waals surface area contributed by atoms with Crippen LogP contribution in [0.4, 0.5) is 0 Å². The minimum Gasteiger partial charge on any atom is -0.477 e. The Balaban J connectivity index is 1.92. The first kappa shape index (κ1) is 13.0. The smallest absolute Gasteiger partial charge is 0.220 e. The zero-order valence-electron chi connectivity index (χ0n) is 12.2. The molecule has 2 heterocycles. The van der Waals surface area contributed by atoms with Crippen LogP contribution in [0.15, 0.2) is 60.7 Å². The van der Waals surface area contributed by atoms with E-state index in [1.807, 2.05) is 48.5 Å². The van der Waals surface area contributed by atoms with Gasteiger partial charge in [0.25, 0.3) is 0 Å². The Hall–Kier alpha value is -2.68. The fourth-order valence-electron chi connectivity index (χ4n) is 2.78. The van der Waals surface area contributed by atoms with E-state index in [2.05, 4.69) is 17.1 Å². The van der Waals surface area contributed by atoms with Crippen molar-refractivity contribution in [3.8, 4) is 28.5 Å². The van der Waals surface area contributed by atoms with E-state index in [0.29, 0.717) is 0 Å². The summed E-state index contributed by atoms with van der Waals surface area (Å²) in [6, 6.07) is 20.3. The van der Waals surface area contributed by atoms with E-state index in [4.69, 9.17) is 9.72 Å². The van der Waals surface area contributed by atoms with Crippen LogP contribution in [0.5, 0.6) is 5.88 Å². The summed E-state index contributed by atoms with van der Waals surface area (Å²) in [5, 5.41) is 0. The first-order valence-electron chi connectivity index (χ1n) is 7.56. The molecule has 0 saturated carbocycles. The molecule has 3 nitrogen and oxygen atoms in total. The van der Waals surface area contributed by atoms with Crippen molar-refractivity contribution in [3.05, 3.63) is 66.2 Å². The molecule has 0 bridgehead atoms. The van der Waals surface area contributed by atoms with E-state index in [0.717, 1.165) is 53.5 Å². The van der Waals surface area contributed by atoms with Gasteiger partial charge in [0, 0.05) is 16.7 Å². The zero-order chi connectivity index (χ0) is 14.8. The maximum absolute atomic E-state index is 5.80. The Bertz CT molecular complexity index is 785. The lowest BCUT2D eigenvalue weighted by atomic mass is 10.0. The minimum absolute atomic E-state index is 0.722. The monoisotopic (exact) mass is 288 g/mol. The third-order valence-corrected chi connectivity index (χ3v) is 3.86. The number of fused-ring (bicyclic) bond motifs is 1. The fourth-order valence-corrected chi connectivity index (χ4v) is 2.78. The molecule has 0 unspecified atom stereocenters. The summed E-state index contributed by atoms with van der Waals surface area (Å²) < 4.78 is 5.80. The normalized spacial score (nSPS) is 13.3. The van der Waals surface area contributed by atoms with Gasteiger partial charge in [0.1, 0.15) is 0 Å². The molecule has 1 aliphatic heterocycles. The Morgan fingerprint density at radius 3 is 2.18 bits per heavy atom. The number of hydrogen-bond acceptors (Lipinski definition) is 3. The van der Waals surface area contributed by atoms with Gasteiger partial charge >= 0.3 is 0 Å². The predicted octanol–water partition coefficient (Wildman–Crippen LogP) is 4.14. The molecule has 3 heteroatoms. The number of rotatable bonds is 2. The highest BCUT2D eigenvalue weighted by Crippen LogP contribution is 2.33. The van der Waals surface area contributed by atoms with Gasteiger partial charge in [0.05, 0.1) is 12.3 Å². The lowest BCUT2D eigenvalue weighted by molar-refractivity contribution is 0.276. The number of nitrogens with zero attached hydrogens (tertiary/aromatic N) is 2. The molecular weight excluding hydrogens is 272 g/mol. The van der Waals surface area contributed by atoms with Crippen molar-refractivity contribution in [2.24, 2.45) is 0 Å². The molecule has 2 aromatic carbocycles. The van der Waals surface area contributed by atoms with Crippen LogP contribution in [0.25, 0.3) is 22.6 Å². The van der Waals surface area contributed by atoms with Gasteiger partial charge < -0.3 is 4.74 Å². The molecular formula is C19H16N2O. The largest absolute Gasteiger partial charge is 0.477 e. The third-order valence-electron chi connectivity index (χ3n) is 3.86. The van der Waals surface area contributed by atoms with Crippen molar-refractivity contribution in [3.63, 3.8) is 0 Å². The lowest BCUT2D eigenvalue weighted by Crippen LogP contribution is -2.13. The van der Waals surface area contributed by atoms with E-state index >= 15 is 0 Å². The maximum Gasteiger partial charge on any atom is 0.220 e. The molecule has 0 N–H and O–H groups in total. The number of hydrogen-bond donors (Lipinski definition) is 0. The summed E-state index contributed by atoms with van der Waals surface area (Å²) in [6.45, 7) is 0.729. The van der Waals surface area contributed by atoms with Gasteiger partial charge in [-0.2, -0.15) is 4.98 Å². The molecule has 3 aromatic rings. The fraction of sp³-hybridized carbons (Fsp3) is 0.158. The summed E-state index contributed by atoms with van der Waals surface area (Å²) in [5.41, 5.74) is 4.24. The van der Waals surface area contributed by atoms with Crippen molar-refractivity contribution < 1.29 is 4.74 Å². The van der Waals surface area contributed by atoms with Crippen LogP contribution < -0.4 is 4.74 Å². The topological polar surface area (TPSA) is 35.0 Å². The van der Waals surface area contributed by atoms with Gasteiger partial charge in [0.2, 0.25) is 5.88 Å². The maximum atomic E-state index is 5.80. The highest BCUT2D eigenvalue weighted by molar-refractivity contribution is 5.69. The summed E-state index contributed by atoms with van der Waals surface area (Å²) in [4.78, 5) is 9.47. The van der Waals surface area contributed by atoms with Gasteiger partial charge in [-0.15, -0.1) is 0 Å². The molecule has 4 rings (SSSR count). The molecule has 108 valence electrons. The van der Waals surface area contributed by atoms with E-state index in [9.17, 15) is 0 Å². The SMILES string of the molecule is c1ccc(-c2nc3c(c(-c4ccccc4)n2)CCCO3)cc1. The minimum atomic E-state index is 0.722. The highest BCUT2D eigenvalue weighted by Gasteiger charge is 2.20. The van der Waals surface area contributed by atoms with E-state index in [1.54, 1.807) is 0 Å². The summed E-state index contributed by atoms with van der Waals surface area (Å²) in [7, 11) is 0. The van der Waals surface area contributed by atoms with E-state index in [-0.39, 0.29) is 0 Å². The third kappa shape index (κ3) is 2.35. The van der Waals surface area contributed by atoms with Crippen LogP contribution >= 0.6 is 0 Å². The van der Waals surface area contributed by atoms with E-state index in [1.165, 1.54) is 0 Å². The van der Waals surface area contributed by atoms with Crippen LogP contribution in [0, 0.1) is 0 Å². The molecule has 1 aliphatic rings. The van der Waals surface area contributed by atoms with Crippen LogP contribution in [0.1, 0.15) is 12.0 Å². The second-order valence-electron chi connectivity index (χ2n) is 5.36. The van der Waals surface area contributed by atoms with Crippen molar-refractivity contribution in [1.29, 1.82) is 0 Å². The predicted molar refractivity (Wildman–Crippen MR) is 86.7 cm³/mol. The second-order valence-corrected chi connectivity index (χ2v) is 5.36. The number of ether oxygens (including phenoxy) is 1. The first-order chi connectivity index (χ1) is 10.9. The summed E-state index contributed by atoms with van der Waals surface area (Å²) in [6.07, 6.45) is 1.98. The molecule has 0 aliphatic carbocycles. The average Bonchev–Trinajstić information content (AvgIpc) is 2.62.